The van der Waals surface area contributed by atoms with Gasteiger partial charge in [-0.05, 0) is 13.0 Å². The van der Waals surface area contributed by atoms with Crippen LogP contribution in [0.5, 0.6) is 0 Å². The third-order valence-electron chi connectivity index (χ3n) is 3.58. The Hall–Kier alpha value is -2.77. The van der Waals surface area contributed by atoms with Crippen LogP contribution in [0.1, 0.15) is 21.6 Å². The summed E-state index contributed by atoms with van der Waals surface area (Å²) in [6.07, 6.45) is 0. The molecule has 0 spiro atoms. The molecule has 1 aromatic heterocycles. The van der Waals surface area contributed by atoms with Crippen LogP contribution < -0.4 is 0 Å². The van der Waals surface area contributed by atoms with Crippen molar-refractivity contribution in [3.05, 3.63) is 79.8 Å². The lowest BCUT2D eigenvalue weighted by Gasteiger charge is -2.04. The van der Waals surface area contributed by atoms with Crippen LogP contribution in [0.2, 0.25) is 5.02 Å². The number of aromatic nitrogens is 1. The fourth-order valence-corrected chi connectivity index (χ4v) is 3.26. The predicted molar refractivity (Wildman–Crippen MR) is 99.5 cm³/mol. The van der Waals surface area contributed by atoms with Crippen LogP contribution in [-0.4, -0.2) is 15.9 Å². The van der Waals surface area contributed by atoms with Crippen LogP contribution in [0, 0.1) is 17.0 Å². The van der Waals surface area contributed by atoms with Gasteiger partial charge in [-0.2, -0.15) is 0 Å². The van der Waals surface area contributed by atoms with Crippen molar-refractivity contribution < 1.29 is 14.5 Å². The Morgan fingerprint density at radius 2 is 2.00 bits per heavy atom. The summed E-state index contributed by atoms with van der Waals surface area (Å²) in [6.45, 7) is 2.01. The van der Waals surface area contributed by atoms with Gasteiger partial charge in [0.2, 0.25) is 0 Å². The van der Waals surface area contributed by atoms with Gasteiger partial charge in [-0.3, -0.25) is 10.1 Å². The highest BCUT2D eigenvalue weighted by molar-refractivity contribution is 7.13. The number of hydrogen-bond acceptors (Lipinski definition) is 6. The van der Waals surface area contributed by atoms with Crippen molar-refractivity contribution in [1.29, 1.82) is 0 Å². The lowest BCUT2D eigenvalue weighted by atomic mass is 10.2. The summed E-state index contributed by atoms with van der Waals surface area (Å²) in [7, 11) is 0. The number of rotatable bonds is 5. The average Bonchev–Trinajstić information content (AvgIpc) is 3.09. The molecule has 0 amide bonds. The molecule has 1 heterocycles. The molecule has 0 saturated heterocycles. The molecule has 0 bridgehead atoms. The Balaban J connectivity index is 1.67. The summed E-state index contributed by atoms with van der Waals surface area (Å²) in [6, 6.07) is 11.6. The van der Waals surface area contributed by atoms with Gasteiger partial charge in [-0.25, -0.2) is 9.78 Å². The summed E-state index contributed by atoms with van der Waals surface area (Å²) < 4.78 is 5.21. The summed E-state index contributed by atoms with van der Waals surface area (Å²) in [4.78, 5) is 26.7. The van der Waals surface area contributed by atoms with E-state index in [0.29, 0.717) is 5.69 Å². The number of esters is 1. The number of carbonyl (C=O) groups excluding carboxylic acids is 1. The molecule has 3 rings (SSSR count). The molecule has 2 aromatic carbocycles. The molecule has 0 radical (unpaired) electrons. The maximum absolute atomic E-state index is 12.1. The van der Waals surface area contributed by atoms with E-state index >= 15 is 0 Å². The first-order chi connectivity index (χ1) is 12.4. The first kappa shape index (κ1) is 18.0. The fourth-order valence-electron chi connectivity index (χ4n) is 2.20. The highest BCUT2D eigenvalue weighted by atomic mass is 35.5. The SMILES string of the molecule is Cc1ccc(-c2nc(COC(=O)c3ccc([N+](=O)[O-])cc3Cl)cs2)cc1. The van der Waals surface area contributed by atoms with Crippen molar-refractivity contribution in [2.24, 2.45) is 0 Å². The van der Waals surface area contributed by atoms with E-state index in [4.69, 9.17) is 16.3 Å². The van der Waals surface area contributed by atoms with Crippen LogP contribution >= 0.6 is 22.9 Å². The molecule has 6 nitrogen and oxygen atoms in total. The fraction of sp³-hybridized carbons (Fsp3) is 0.111. The molecule has 0 N–H and O–H groups in total. The Bertz CT molecular complexity index is 970. The molecule has 0 aliphatic rings. The Morgan fingerprint density at radius 1 is 1.27 bits per heavy atom. The van der Waals surface area contributed by atoms with Crippen LogP contribution in [0.25, 0.3) is 10.6 Å². The van der Waals surface area contributed by atoms with Crippen molar-refractivity contribution in [2.75, 3.05) is 0 Å². The second-order valence-electron chi connectivity index (χ2n) is 5.51. The molecule has 0 unspecified atom stereocenters. The largest absolute Gasteiger partial charge is 0.456 e. The molecular weight excluding hydrogens is 376 g/mol. The van der Waals surface area contributed by atoms with Gasteiger partial charge in [0, 0.05) is 23.1 Å². The van der Waals surface area contributed by atoms with Gasteiger partial charge in [0.15, 0.2) is 0 Å². The van der Waals surface area contributed by atoms with Gasteiger partial charge in [0.25, 0.3) is 5.69 Å². The number of carbonyl (C=O) groups is 1. The van der Waals surface area contributed by atoms with E-state index in [1.807, 2.05) is 36.6 Å². The molecule has 26 heavy (non-hydrogen) atoms. The molecule has 0 saturated carbocycles. The number of aryl methyl sites for hydroxylation is 1. The van der Waals surface area contributed by atoms with Crippen molar-refractivity contribution in [2.45, 2.75) is 13.5 Å². The zero-order chi connectivity index (χ0) is 18.7. The highest BCUT2D eigenvalue weighted by Gasteiger charge is 2.16. The van der Waals surface area contributed by atoms with E-state index in [9.17, 15) is 14.9 Å². The van der Waals surface area contributed by atoms with E-state index in [0.717, 1.165) is 16.6 Å². The van der Waals surface area contributed by atoms with Gasteiger partial charge in [0.1, 0.15) is 11.6 Å². The third kappa shape index (κ3) is 4.07. The quantitative estimate of drug-likeness (QED) is 0.347. The second-order valence-corrected chi connectivity index (χ2v) is 6.77. The number of benzene rings is 2. The third-order valence-corrected chi connectivity index (χ3v) is 4.84. The Kier molecular flexibility index (Phi) is 5.29. The number of halogens is 1. The topological polar surface area (TPSA) is 82.3 Å². The molecule has 3 aromatic rings. The predicted octanol–water partition coefficient (Wildman–Crippen LogP) is 5.04. The van der Waals surface area contributed by atoms with E-state index in [1.54, 1.807) is 0 Å². The van der Waals surface area contributed by atoms with Gasteiger partial charge < -0.3 is 4.74 Å². The minimum atomic E-state index is -0.658. The monoisotopic (exact) mass is 388 g/mol. The van der Waals surface area contributed by atoms with Crippen LogP contribution in [-0.2, 0) is 11.3 Å². The van der Waals surface area contributed by atoms with Crippen molar-refractivity contribution in [3.63, 3.8) is 0 Å². The number of thiazole rings is 1. The van der Waals surface area contributed by atoms with Crippen molar-refractivity contribution >= 4 is 34.6 Å². The number of ether oxygens (including phenoxy) is 1. The minimum absolute atomic E-state index is 0.00545. The number of nitro groups is 1. The summed E-state index contributed by atoms with van der Waals surface area (Å²) in [5.41, 5.74) is 2.67. The lowest BCUT2D eigenvalue weighted by molar-refractivity contribution is -0.384. The van der Waals surface area contributed by atoms with Crippen molar-refractivity contribution in [3.8, 4) is 10.6 Å². The molecule has 132 valence electrons. The number of hydrogen-bond donors (Lipinski definition) is 0. The Labute approximate surface area is 158 Å². The van der Waals surface area contributed by atoms with Gasteiger partial charge in [-0.1, -0.05) is 41.4 Å². The zero-order valence-electron chi connectivity index (χ0n) is 13.6. The van der Waals surface area contributed by atoms with Gasteiger partial charge in [-0.15, -0.1) is 11.3 Å². The second kappa shape index (κ2) is 7.63. The summed E-state index contributed by atoms with van der Waals surface area (Å²) >= 11 is 7.39. The average molecular weight is 389 g/mol. The maximum atomic E-state index is 12.1. The normalized spacial score (nSPS) is 10.5. The van der Waals surface area contributed by atoms with Gasteiger partial charge in [0.05, 0.1) is 21.2 Å². The Morgan fingerprint density at radius 3 is 2.65 bits per heavy atom. The summed E-state index contributed by atoms with van der Waals surface area (Å²) in [5, 5.41) is 13.3. The molecule has 0 atom stereocenters. The van der Waals surface area contributed by atoms with Crippen LogP contribution in [0.4, 0.5) is 5.69 Å². The van der Waals surface area contributed by atoms with Crippen LogP contribution in [0.3, 0.4) is 0 Å². The molecule has 0 aliphatic heterocycles. The van der Waals surface area contributed by atoms with E-state index in [1.165, 1.54) is 29.0 Å². The van der Waals surface area contributed by atoms with E-state index < -0.39 is 10.9 Å². The molecule has 0 fully saturated rings. The van der Waals surface area contributed by atoms with Crippen LogP contribution in [0.15, 0.2) is 47.8 Å². The smallest absolute Gasteiger partial charge is 0.340 e. The zero-order valence-corrected chi connectivity index (χ0v) is 15.2. The number of nitrogens with zero attached hydrogens (tertiary/aromatic N) is 2. The first-order valence-electron chi connectivity index (χ1n) is 7.56. The first-order valence-corrected chi connectivity index (χ1v) is 8.82. The minimum Gasteiger partial charge on any atom is -0.456 e. The molecule has 0 aliphatic carbocycles. The maximum Gasteiger partial charge on any atom is 0.340 e. The number of nitro benzene ring substituents is 1. The highest BCUT2D eigenvalue weighted by Crippen LogP contribution is 2.26. The molecular formula is C18H13ClN2O4S. The molecule has 8 heteroatoms. The van der Waals surface area contributed by atoms with Gasteiger partial charge >= 0.3 is 5.97 Å². The van der Waals surface area contributed by atoms with E-state index in [-0.39, 0.29) is 22.9 Å². The lowest BCUT2D eigenvalue weighted by Crippen LogP contribution is -2.06. The standard InChI is InChI=1S/C18H13ClN2O4S/c1-11-2-4-12(5-3-11)17-20-13(10-26-17)9-25-18(22)15-7-6-14(21(23)24)8-16(15)19/h2-8,10H,9H2,1H3. The van der Waals surface area contributed by atoms with Crippen molar-refractivity contribution in [1.82, 2.24) is 4.98 Å². The van der Waals surface area contributed by atoms with E-state index in [2.05, 4.69) is 4.98 Å². The number of non-ortho nitro benzene ring substituents is 1. The summed E-state index contributed by atoms with van der Waals surface area (Å²) in [5.74, 6) is -0.658.